The third-order valence-electron chi connectivity index (χ3n) is 1.32. The normalized spacial score (nSPS) is 10.8. The number of benzene rings is 1. The largest absolute Gasteiger partial charge is 0.399 e. The molecule has 0 amide bonds. The Morgan fingerprint density at radius 1 is 1.46 bits per heavy atom. The zero-order chi connectivity index (χ0) is 9.84. The summed E-state index contributed by atoms with van der Waals surface area (Å²) in [6.07, 6.45) is -2.28. The molecule has 0 aliphatic carbocycles. The Balaban J connectivity index is 2.67. The maximum atomic E-state index is 11.9. The van der Waals surface area contributed by atoms with Gasteiger partial charge in [0.05, 0.1) is 5.75 Å². The molecule has 0 aliphatic heterocycles. The van der Waals surface area contributed by atoms with Gasteiger partial charge in [0.25, 0.3) is 0 Å². The first kappa shape index (κ1) is 10.8. The van der Waals surface area contributed by atoms with Gasteiger partial charge >= 0.3 is 0 Å². The Morgan fingerprint density at radius 2 is 2.15 bits per heavy atom. The van der Waals surface area contributed by atoms with Crippen molar-refractivity contribution in [2.45, 2.75) is 11.3 Å². The lowest BCUT2D eigenvalue weighted by Gasteiger charge is -2.04. The van der Waals surface area contributed by atoms with Crippen LogP contribution in [0.5, 0.6) is 0 Å². The quantitative estimate of drug-likeness (QED) is 0.671. The molecule has 0 radical (unpaired) electrons. The Bertz CT molecular complexity index is 293. The van der Waals surface area contributed by atoms with Gasteiger partial charge in [0.15, 0.2) is 0 Å². The van der Waals surface area contributed by atoms with Gasteiger partial charge in [-0.15, -0.1) is 11.8 Å². The van der Waals surface area contributed by atoms with Gasteiger partial charge in [0, 0.05) is 15.1 Å². The van der Waals surface area contributed by atoms with Gasteiger partial charge in [-0.25, -0.2) is 8.78 Å². The summed E-state index contributed by atoms with van der Waals surface area (Å²) in [7, 11) is 0. The molecule has 0 saturated heterocycles. The van der Waals surface area contributed by atoms with E-state index in [1.807, 2.05) is 0 Å². The highest BCUT2D eigenvalue weighted by Crippen LogP contribution is 2.29. The van der Waals surface area contributed by atoms with E-state index in [1.165, 1.54) is 0 Å². The van der Waals surface area contributed by atoms with Crippen LogP contribution in [0.4, 0.5) is 14.5 Å². The summed E-state index contributed by atoms with van der Waals surface area (Å²) < 4.78 is 24.5. The van der Waals surface area contributed by atoms with E-state index >= 15 is 0 Å². The molecule has 0 heterocycles. The Labute approximate surface area is 87.8 Å². The van der Waals surface area contributed by atoms with E-state index in [9.17, 15) is 8.78 Å². The van der Waals surface area contributed by atoms with E-state index in [1.54, 1.807) is 18.2 Å². The van der Waals surface area contributed by atoms with Crippen molar-refractivity contribution in [3.05, 3.63) is 22.7 Å². The number of nitrogens with two attached hydrogens (primary N) is 1. The van der Waals surface area contributed by atoms with E-state index in [0.29, 0.717) is 5.69 Å². The zero-order valence-electron chi connectivity index (χ0n) is 6.64. The summed E-state index contributed by atoms with van der Waals surface area (Å²) in [5.41, 5.74) is 6.11. The molecule has 0 spiro atoms. The molecule has 1 rings (SSSR count). The number of thioether (sulfide) groups is 1. The highest BCUT2D eigenvalue weighted by Gasteiger charge is 2.06. The zero-order valence-corrected chi connectivity index (χ0v) is 9.04. The molecule has 2 N–H and O–H groups in total. The van der Waals surface area contributed by atoms with Crippen LogP contribution in [0, 0.1) is 0 Å². The van der Waals surface area contributed by atoms with Gasteiger partial charge < -0.3 is 5.73 Å². The second kappa shape index (κ2) is 4.81. The molecule has 0 atom stereocenters. The number of halogens is 3. The highest BCUT2D eigenvalue weighted by atomic mass is 79.9. The molecule has 13 heavy (non-hydrogen) atoms. The minimum Gasteiger partial charge on any atom is -0.399 e. The number of anilines is 1. The van der Waals surface area contributed by atoms with Gasteiger partial charge in [-0.05, 0) is 34.1 Å². The fourth-order valence-electron chi connectivity index (χ4n) is 0.787. The first-order valence-electron chi connectivity index (χ1n) is 3.55. The van der Waals surface area contributed by atoms with Gasteiger partial charge in [-0.3, -0.25) is 0 Å². The molecule has 0 aliphatic rings. The van der Waals surface area contributed by atoms with Crippen LogP contribution in [0.15, 0.2) is 27.6 Å². The van der Waals surface area contributed by atoms with Crippen molar-refractivity contribution in [3.63, 3.8) is 0 Å². The van der Waals surface area contributed by atoms with E-state index in [4.69, 9.17) is 5.73 Å². The summed E-state index contributed by atoms with van der Waals surface area (Å²) in [5, 5.41) is 0. The molecular weight excluding hydrogens is 260 g/mol. The van der Waals surface area contributed by atoms with Crippen molar-refractivity contribution in [2.24, 2.45) is 0 Å². The summed E-state index contributed by atoms with van der Waals surface area (Å²) in [6.45, 7) is 0. The van der Waals surface area contributed by atoms with Gasteiger partial charge in [0.2, 0.25) is 6.43 Å². The third kappa shape index (κ3) is 3.52. The topological polar surface area (TPSA) is 26.0 Å². The number of hydrogen-bond acceptors (Lipinski definition) is 2. The molecule has 1 aromatic carbocycles. The minimum atomic E-state index is -2.28. The van der Waals surface area contributed by atoms with Crippen LogP contribution in [0.2, 0.25) is 0 Å². The average Bonchev–Trinajstić information content (AvgIpc) is 2.02. The molecule has 0 fully saturated rings. The smallest absolute Gasteiger partial charge is 0.247 e. The first-order chi connectivity index (χ1) is 6.09. The predicted molar refractivity (Wildman–Crippen MR) is 55.3 cm³/mol. The molecule has 0 aromatic heterocycles. The lowest BCUT2D eigenvalue weighted by atomic mass is 10.3. The van der Waals surface area contributed by atoms with E-state index in [2.05, 4.69) is 15.9 Å². The third-order valence-corrected chi connectivity index (χ3v) is 3.32. The van der Waals surface area contributed by atoms with Crippen molar-refractivity contribution in [1.29, 1.82) is 0 Å². The van der Waals surface area contributed by atoms with Crippen LogP contribution in [0.3, 0.4) is 0 Å². The molecule has 0 unspecified atom stereocenters. The molecule has 0 bridgehead atoms. The van der Waals surface area contributed by atoms with Crippen LogP contribution in [-0.2, 0) is 0 Å². The Morgan fingerprint density at radius 3 is 2.69 bits per heavy atom. The average molecular weight is 268 g/mol. The Hall–Kier alpha value is -0.290. The first-order valence-corrected chi connectivity index (χ1v) is 5.33. The van der Waals surface area contributed by atoms with Crippen LogP contribution in [0.25, 0.3) is 0 Å². The lowest BCUT2D eigenvalue weighted by molar-refractivity contribution is 0.177. The van der Waals surface area contributed by atoms with Crippen LogP contribution in [-0.4, -0.2) is 12.2 Å². The van der Waals surface area contributed by atoms with Gasteiger partial charge in [-0.2, -0.15) is 0 Å². The fourth-order valence-corrected chi connectivity index (χ4v) is 2.19. The lowest BCUT2D eigenvalue weighted by Crippen LogP contribution is -1.93. The summed E-state index contributed by atoms with van der Waals surface area (Å²) in [4.78, 5) is 0.787. The van der Waals surface area contributed by atoms with E-state index in [0.717, 1.165) is 21.1 Å². The number of hydrogen-bond donors (Lipinski definition) is 1. The second-order valence-corrected chi connectivity index (χ2v) is 4.31. The molecular formula is C8H8BrF2NS. The van der Waals surface area contributed by atoms with Crippen molar-refractivity contribution < 1.29 is 8.78 Å². The SMILES string of the molecule is Nc1ccc(SCC(F)F)c(Br)c1. The molecule has 0 saturated carbocycles. The van der Waals surface area contributed by atoms with Crippen molar-refractivity contribution >= 4 is 33.4 Å². The molecule has 1 nitrogen and oxygen atoms in total. The van der Waals surface area contributed by atoms with Crippen molar-refractivity contribution in [1.82, 2.24) is 0 Å². The van der Waals surface area contributed by atoms with Crippen molar-refractivity contribution in [3.8, 4) is 0 Å². The van der Waals surface area contributed by atoms with Crippen molar-refractivity contribution in [2.75, 3.05) is 11.5 Å². The van der Waals surface area contributed by atoms with E-state index in [-0.39, 0.29) is 5.75 Å². The Kier molecular flexibility index (Phi) is 3.99. The predicted octanol–water partition coefficient (Wildman–Crippen LogP) is 3.39. The summed E-state index contributed by atoms with van der Waals surface area (Å²) in [5.74, 6) is -0.192. The monoisotopic (exact) mass is 267 g/mol. The molecule has 5 heteroatoms. The summed E-state index contributed by atoms with van der Waals surface area (Å²) in [6, 6.07) is 5.12. The summed E-state index contributed by atoms with van der Waals surface area (Å²) >= 11 is 4.36. The van der Waals surface area contributed by atoms with Crippen LogP contribution < -0.4 is 5.73 Å². The van der Waals surface area contributed by atoms with Crippen LogP contribution in [0.1, 0.15) is 0 Å². The maximum Gasteiger partial charge on any atom is 0.247 e. The number of alkyl halides is 2. The standard InChI is InChI=1S/C8H8BrF2NS/c9-6-3-5(12)1-2-7(6)13-4-8(10)11/h1-3,8H,4,12H2. The highest BCUT2D eigenvalue weighted by molar-refractivity contribution is 9.10. The fraction of sp³-hybridized carbons (Fsp3) is 0.250. The van der Waals surface area contributed by atoms with Crippen LogP contribution >= 0.6 is 27.7 Å². The van der Waals surface area contributed by atoms with Gasteiger partial charge in [-0.1, -0.05) is 0 Å². The molecule has 1 aromatic rings. The van der Waals surface area contributed by atoms with E-state index < -0.39 is 6.43 Å². The van der Waals surface area contributed by atoms with Gasteiger partial charge in [0.1, 0.15) is 0 Å². The molecule has 72 valence electrons. The number of rotatable bonds is 3. The number of nitrogen functional groups attached to an aromatic ring is 1. The maximum absolute atomic E-state index is 11.9. The second-order valence-electron chi connectivity index (χ2n) is 2.39. The minimum absolute atomic E-state index is 0.192.